The Kier molecular flexibility index (Phi) is 4.70. The number of ether oxygens (including phenoxy) is 1. The highest BCUT2D eigenvalue weighted by Crippen LogP contribution is 2.34. The molecule has 0 spiro atoms. The Morgan fingerprint density at radius 3 is 2.78 bits per heavy atom. The second kappa shape index (κ2) is 6.59. The molecular formula is C16H22N2O4S. The number of carbonyl (C=O) groups is 1. The second-order valence-electron chi connectivity index (χ2n) is 6.32. The molecule has 7 heteroatoms. The molecule has 0 aromatic heterocycles. The first kappa shape index (κ1) is 16.4. The maximum absolute atomic E-state index is 12.6. The molecule has 1 aromatic carbocycles. The SMILES string of the molecule is CS(=O)(=O)NC[C@@H]1OC[C@H]2CCN(C(=O)c3ccccc3)C[C@H]21. The normalized spacial score (nSPS) is 27.7. The topological polar surface area (TPSA) is 75.7 Å². The Morgan fingerprint density at radius 2 is 2.09 bits per heavy atom. The van der Waals surface area contributed by atoms with Crippen molar-refractivity contribution in [2.24, 2.45) is 11.8 Å². The fourth-order valence-electron chi connectivity index (χ4n) is 3.42. The smallest absolute Gasteiger partial charge is 0.253 e. The molecule has 2 aliphatic rings. The van der Waals surface area contributed by atoms with E-state index in [-0.39, 0.29) is 24.5 Å². The van der Waals surface area contributed by atoms with Crippen LogP contribution in [0.1, 0.15) is 16.8 Å². The van der Waals surface area contributed by atoms with Crippen LogP contribution in [0.15, 0.2) is 30.3 Å². The van der Waals surface area contributed by atoms with E-state index >= 15 is 0 Å². The molecule has 2 heterocycles. The minimum absolute atomic E-state index is 0.0331. The van der Waals surface area contributed by atoms with Crippen molar-refractivity contribution >= 4 is 15.9 Å². The van der Waals surface area contributed by atoms with Gasteiger partial charge in [-0.2, -0.15) is 0 Å². The van der Waals surface area contributed by atoms with Crippen molar-refractivity contribution in [3.05, 3.63) is 35.9 Å². The van der Waals surface area contributed by atoms with Crippen molar-refractivity contribution in [2.75, 3.05) is 32.5 Å². The number of rotatable bonds is 4. The zero-order valence-corrected chi connectivity index (χ0v) is 14.0. The van der Waals surface area contributed by atoms with Gasteiger partial charge in [0.15, 0.2) is 0 Å². The molecule has 2 fully saturated rings. The van der Waals surface area contributed by atoms with E-state index in [2.05, 4.69) is 4.72 Å². The summed E-state index contributed by atoms with van der Waals surface area (Å²) in [6.45, 7) is 2.26. The van der Waals surface area contributed by atoms with E-state index in [1.807, 2.05) is 35.2 Å². The number of fused-ring (bicyclic) bond motifs is 1. The molecule has 6 nitrogen and oxygen atoms in total. The molecule has 1 N–H and O–H groups in total. The van der Waals surface area contributed by atoms with Gasteiger partial charge >= 0.3 is 0 Å². The van der Waals surface area contributed by atoms with Gasteiger partial charge in [-0.3, -0.25) is 4.79 Å². The number of carbonyl (C=O) groups excluding carboxylic acids is 1. The molecule has 23 heavy (non-hydrogen) atoms. The molecular weight excluding hydrogens is 316 g/mol. The Bertz CT molecular complexity index is 662. The average Bonchev–Trinajstić information content (AvgIpc) is 2.94. The molecule has 1 aromatic rings. The number of likely N-dealkylation sites (tertiary alicyclic amines) is 1. The van der Waals surface area contributed by atoms with Gasteiger partial charge in [-0.25, -0.2) is 13.1 Å². The summed E-state index contributed by atoms with van der Waals surface area (Å²) >= 11 is 0. The highest BCUT2D eigenvalue weighted by molar-refractivity contribution is 7.88. The number of benzene rings is 1. The van der Waals surface area contributed by atoms with Crippen LogP contribution in [0.25, 0.3) is 0 Å². The Hall–Kier alpha value is -1.44. The van der Waals surface area contributed by atoms with Gasteiger partial charge in [0.05, 0.1) is 19.0 Å². The Morgan fingerprint density at radius 1 is 1.35 bits per heavy atom. The van der Waals surface area contributed by atoms with Crippen LogP contribution < -0.4 is 4.72 Å². The lowest BCUT2D eigenvalue weighted by molar-refractivity contribution is 0.0563. The molecule has 0 bridgehead atoms. The van der Waals surface area contributed by atoms with Gasteiger partial charge in [0.25, 0.3) is 5.91 Å². The van der Waals surface area contributed by atoms with E-state index in [1.165, 1.54) is 0 Å². The van der Waals surface area contributed by atoms with Crippen LogP contribution in [0, 0.1) is 11.8 Å². The number of hydrogen-bond donors (Lipinski definition) is 1. The molecule has 3 rings (SSSR count). The van der Waals surface area contributed by atoms with Gasteiger partial charge < -0.3 is 9.64 Å². The highest BCUT2D eigenvalue weighted by Gasteiger charge is 2.42. The third-order valence-corrected chi connectivity index (χ3v) is 5.35. The highest BCUT2D eigenvalue weighted by atomic mass is 32.2. The molecule has 0 aliphatic carbocycles. The summed E-state index contributed by atoms with van der Waals surface area (Å²) in [5.74, 6) is 0.623. The van der Waals surface area contributed by atoms with E-state index in [9.17, 15) is 13.2 Å². The number of amides is 1. The predicted molar refractivity (Wildman–Crippen MR) is 86.5 cm³/mol. The maximum atomic E-state index is 12.6. The fourth-order valence-corrected chi connectivity index (χ4v) is 3.89. The number of hydrogen-bond acceptors (Lipinski definition) is 4. The summed E-state index contributed by atoms with van der Waals surface area (Å²) in [6.07, 6.45) is 1.88. The molecule has 2 aliphatic heterocycles. The lowest BCUT2D eigenvalue weighted by Crippen LogP contribution is -2.47. The first-order valence-corrected chi connectivity index (χ1v) is 9.74. The van der Waals surface area contributed by atoms with Crippen LogP contribution in [-0.2, 0) is 14.8 Å². The van der Waals surface area contributed by atoms with Gasteiger partial charge in [0.2, 0.25) is 10.0 Å². The minimum atomic E-state index is -3.23. The molecule has 1 amide bonds. The van der Waals surface area contributed by atoms with Crippen LogP contribution in [0.4, 0.5) is 0 Å². The van der Waals surface area contributed by atoms with E-state index in [0.29, 0.717) is 24.6 Å². The average molecular weight is 338 g/mol. The summed E-state index contributed by atoms with van der Waals surface area (Å²) in [4.78, 5) is 14.4. The zero-order chi connectivity index (χ0) is 16.4. The van der Waals surface area contributed by atoms with Gasteiger partial charge in [0.1, 0.15) is 0 Å². The Labute approximate surface area is 136 Å². The number of nitrogens with one attached hydrogen (secondary N) is 1. The monoisotopic (exact) mass is 338 g/mol. The summed E-state index contributed by atoms with van der Waals surface area (Å²) in [5.41, 5.74) is 0.690. The molecule has 3 atom stereocenters. The van der Waals surface area contributed by atoms with E-state index in [0.717, 1.165) is 19.2 Å². The molecule has 0 radical (unpaired) electrons. The van der Waals surface area contributed by atoms with Crippen molar-refractivity contribution in [3.8, 4) is 0 Å². The van der Waals surface area contributed by atoms with Crippen LogP contribution in [0.3, 0.4) is 0 Å². The van der Waals surface area contributed by atoms with E-state index < -0.39 is 10.0 Å². The van der Waals surface area contributed by atoms with Gasteiger partial charge in [-0.05, 0) is 24.5 Å². The first-order chi connectivity index (χ1) is 10.9. The second-order valence-corrected chi connectivity index (χ2v) is 8.16. The molecule has 126 valence electrons. The van der Waals surface area contributed by atoms with E-state index in [4.69, 9.17) is 4.74 Å². The summed E-state index contributed by atoms with van der Waals surface area (Å²) in [5, 5.41) is 0. The number of sulfonamides is 1. The van der Waals surface area contributed by atoms with Crippen LogP contribution in [-0.4, -0.2) is 57.8 Å². The standard InChI is InChI=1S/C16H22N2O4S/c1-23(20,21)17-9-15-14-10-18(8-7-13(14)11-22-15)16(19)12-5-3-2-4-6-12/h2-6,13-15,17H,7-11H2,1H3/t13-,14-,15+/m1/s1. The fraction of sp³-hybridized carbons (Fsp3) is 0.562. The number of nitrogens with zero attached hydrogens (tertiary/aromatic N) is 1. The Balaban J connectivity index is 1.66. The predicted octanol–water partition coefficient (Wildman–Crippen LogP) is 0.713. The lowest BCUT2D eigenvalue weighted by atomic mass is 9.84. The molecule has 0 unspecified atom stereocenters. The molecule has 0 saturated carbocycles. The van der Waals surface area contributed by atoms with Crippen molar-refractivity contribution in [1.29, 1.82) is 0 Å². The zero-order valence-electron chi connectivity index (χ0n) is 13.1. The van der Waals surface area contributed by atoms with Crippen LogP contribution in [0.2, 0.25) is 0 Å². The summed E-state index contributed by atoms with van der Waals surface area (Å²) in [7, 11) is -3.23. The summed E-state index contributed by atoms with van der Waals surface area (Å²) < 4.78 is 30.8. The van der Waals surface area contributed by atoms with E-state index in [1.54, 1.807) is 0 Å². The van der Waals surface area contributed by atoms with Gasteiger partial charge in [-0.15, -0.1) is 0 Å². The van der Waals surface area contributed by atoms with Crippen LogP contribution >= 0.6 is 0 Å². The number of piperidine rings is 1. The van der Waals surface area contributed by atoms with Crippen molar-refractivity contribution in [3.63, 3.8) is 0 Å². The van der Waals surface area contributed by atoms with Gasteiger partial charge in [0, 0.05) is 31.1 Å². The third kappa shape index (κ3) is 3.91. The molecule has 2 saturated heterocycles. The van der Waals surface area contributed by atoms with Crippen molar-refractivity contribution in [1.82, 2.24) is 9.62 Å². The summed E-state index contributed by atoms with van der Waals surface area (Å²) in [6, 6.07) is 9.25. The maximum Gasteiger partial charge on any atom is 0.253 e. The van der Waals surface area contributed by atoms with Crippen molar-refractivity contribution in [2.45, 2.75) is 12.5 Å². The first-order valence-electron chi connectivity index (χ1n) is 7.84. The van der Waals surface area contributed by atoms with Crippen molar-refractivity contribution < 1.29 is 17.9 Å². The lowest BCUT2D eigenvalue weighted by Gasteiger charge is -2.36. The van der Waals surface area contributed by atoms with Crippen LogP contribution in [0.5, 0.6) is 0 Å². The third-order valence-electron chi connectivity index (χ3n) is 4.66. The minimum Gasteiger partial charge on any atom is -0.376 e. The largest absolute Gasteiger partial charge is 0.376 e. The quantitative estimate of drug-likeness (QED) is 0.877. The van der Waals surface area contributed by atoms with Gasteiger partial charge in [-0.1, -0.05) is 18.2 Å².